The van der Waals surface area contributed by atoms with Gasteiger partial charge in [-0.3, -0.25) is 4.79 Å². The molecule has 5 heteroatoms. The lowest BCUT2D eigenvalue weighted by atomic mass is 9.89. The first-order chi connectivity index (χ1) is 9.69. The van der Waals surface area contributed by atoms with E-state index in [1.807, 2.05) is 25.2 Å². The fraction of sp³-hybridized carbons (Fsp3) is 0.533. The van der Waals surface area contributed by atoms with Crippen molar-refractivity contribution in [3.05, 3.63) is 23.8 Å². The van der Waals surface area contributed by atoms with Crippen molar-refractivity contribution in [2.45, 2.75) is 5.92 Å². The summed E-state index contributed by atoms with van der Waals surface area (Å²) in [6.45, 7) is 2.73. The number of ether oxygens (including phenoxy) is 3. The minimum Gasteiger partial charge on any atom is -0.486 e. The highest BCUT2D eigenvalue weighted by atomic mass is 16.6. The van der Waals surface area contributed by atoms with Crippen LogP contribution in [-0.2, 0) is 9.53 Å². The first-order valence-corrected chi connectivity index (χ1v) is 6.85. The third kappa shape index (κ3) is 2.33. The summed E-state index contributed by atoms with van der Waals surface area (Å²) in [5.41, 5.74) is 1.11. The zero-order valence-corrected chi connectivity index (χ0v) is 11.8. The van der Waals surface area contributed by atoms with Gasteiger partial charge in [-0.05, 0) is 24.7 Å². The van der Waals surface area contributed by atoms with Crippen molar-refractivity contribution >= 4 is 5.97 Å². The summed E-state index contributed by atoms with van der Waals surface area (Å²) in [4.78, 5) is 14.1. The lowest BCUT2D eigenvalue weighted by molar-refractivity contribution is -0.145. The fourth-order valence-corrected chi connectivity index (χ4v) is 3.02. The molecule has 20 heavy (non-hydrogen) atoms. The van der Waals surface area contributed by atoms with Crippen LogP contribution in [0.25, 0.3) is 0 Å². The van der Waals surface area contributed by atoms with Crippen molar-refractivity contribution in [3.8, 4) is 11.5 Å². The molecule has 2 aliphatic rings. The number of esters is 1. The third-order valence-electron chi connectivity index (χ3n) is 4.00. The second-order valence-corrected chi connectivity index (χ2v) is 5.36. The number of benzene rings is 1. The summed E-state index contributed by atoms with van der Waals surface area (Å²) in [6, 6.07) is 5.94. The normalized spacial score (nSPS) is 25.5. The summed E-state index contributed by atoms with van der Waals surface area (Å²) in [6.07, 6.45) is 0. The number of rotatable bonds is 2. The van der Waals surface area contributed by atoms with Crippen molar-refractivity contribution in [1.29, 1.82) is 0 Å². The van der Waals surface area contributed by atoms with Gasteiger partial charge in [0.1, 0.15) is 13.2 Å². The predicted octanol–water partition coefficient (Wildman–Crippen LogP) is 1.28. The minimum atomic E-state index is -0.144. The van der Waals surface area contributed by atoms with Gasteiger partial charge in [-0.15, -0.1) is 0 Å². The molecular weight excluding hydrogens is 258 g/mol. The number of hydrogen-bond acceptors (Lipinski definition) is 5. The van der Waals surface area contributed by atoms with Crippen molar-refractivity contribution in [2.75, 3.05) is 40.5 Å². The van der Waals surface area contributed by atoms with E-state index < -0.39 is 0 Å². The Balaban J connectivity index is 1.89. The highest BCUT2D eigenvalue weighted by Crippen LogP contribution is 2.38. The van der Waals surface area contributed by atoms with Crippen LogP contribution in [0, 0.1) is 5.92 Å². The highest BCUT2D eigenvalue weighted by Gasteiger charge is 2.38. The van der Waals surface area contributed by atoms with Gasteiger partial charge in [-0.25, -0.2) is 0 Å². The monoisotopic (exact) mass is 277 g/mol. The third-order valence-corrected chi connectivity index (χ3v) is 4.00. The molecule has 0 spiro atoms. The molecule has 1 aromatic rings. The molecule has 0 saturated carbocycles. The van der Waals surface area contributed by atoms with Crippen LogP contribution in [0.5, 0.6) is 11.5 Å². The summed E-state index contributed by atoms with van der Waals surface area (Å²) in [5.74, 6) is 1.43. The van der Waals surface area contributed by atoms with E-state index in [0.29, 0.717) is 13.2 Å². The standard InChI is InChI=1S/C15H19NO4/c1-16-8-11(12(9-16)15(17)18-2)10-3-4-13-14(7-10)20-6-5-19-13/h3-4,7,11-12H,5-6,8-9H2,1-2H3. The number of carbonyl (C=O) groups excluding carboxylic acids is 1. The maximum atomic E-state index is 11.9. The molecule has 0 radical (unpaired) electrons. The molecule has 1 aromatic carbocycles. The van der Waals surface area contributed by atoms with Crippen molar-refractivity contribution in [1.82, 2.24) is 4.90 Å². The first kappa shape index (κ1) is 13.2. The molecule has 0 aromatic heterocycles. The average Bonchev–Trinajstić information content (AvgIpc) is 2.88. The molecule has 2 aliphatic heterocycles. The molecular formula is C15H19NO4. The van der Waals surface area contributed by atoms with E-state index in [1.54, 1.807) is 0 Å². The Morgan fingerprint density at radius 2 is 2.00 bits per heavy atom. The number of hydrogen-bond donors (Lipinski definition) is 0. The van der Waals surface area contributed by atoms with E-state index in [0.717, 1.165) is 30.2 Å². The molecule has 0 aliphatic carbocycles. The SMILES string of the molecule is COC(=O)C1CN(C)CC1c1ccc2c(c1)OCCO2. The average molecular weight is 277 g/mol. The van der Waals surface area contributed by atoms with Crippen LogP contribution in [-0.4, -0.2) is 51.3 Å². The number of methoxy groups -OCH3 is 1. The van der Waals surface area contributed by atoms with Crippen LogP contribution >= 0.6 is 0 Å². The molecule has 0 amide bonds. The van der Waals surface area contributed by atoms with Crippen LogP contribution in [0.15, 0.2) is 18.2 Å². The van der Waals surface area contributed by atoms with Crippen LogP contribution < -0.4 is 9.47 Å². The van der Waals surface area contributed by atoms with Crippen LogP contribution in [0.2, 0.25) is 0 Å². The molecule has 2 atom stereocenters. The maximum absolute atomic E-state index is 11.9. The molecule has 1 fully saturated rings. The van der Waals surface area contributed by atoms with E-state index in [1.165, 1.54) is 7.11 Å². The Bertz CT molecular complexity index is 517. The Morgan fingerprint density at radius 1 is 1.25 bits per heavy atom. The Labute approximate surface area is 118 Å². The number of likely N-dealkylation sites (N-methyl/N-ethyl adjacent to an activating group) is 1. The molecule has 108 valence electrons. The van der Waals surface area contributed by atoms with Gasteiger partial charge in [0, 0.05) is 19.0 Å². The second kappa shape index (κ2) is 5.32. The Kier molecular flexibility index (Phi) is 3.53. The topological polar surface area (TPSA) is 48.0 Å². The Morgan fingerprint density at radius 3 is 2.75 bits per heavy atom. The molecule has 0 bridgehead atoms. The van der Waals surface area contributed by atoms with Gasteiger partial charge < -0.3 is 19.1 Å². The van der Waals surface area contributed by atoms with Crippen molar-refractivity contribution < 1.29 is 19.0 Å². The summed E-state index contributed by atoms with van der Waals surface area (Å²) < 4.78 is 16.1. The zero-order valence-electron chi connectivity index (χ0n) is 11.8. The van der Waals surface area contributed by atoms with Gasteiger partial charge in [-0.2, -0.15) is 0 Å². The Hall–Kier alpha value is -1.75. The molecule has 2 unspecified atom stereocenters. The smallest absolute Gasteiger partial charge is 0.310 e. The fourth-order valence-electron chi connectivity index (χ4n) is 3.02. The van der Waals surface area contributed by atoms with E-state index >= 15 is 0 Å². The van der Waals surface area contributed by atoms with Gasteiger partial charge in [0.25, 0.3) is 0 Å². The number of fused-ring (bicyclic) bond motifs is 1. The van der Waals surface area contributed by atoms with Crippen molar-refractivity contribution in [3.63, 3.8) is 0 Å². The highest BCUT2D eigenvalue weighted by molar-refractivity contribution is 5.74. The predicted molar refractivity (Wildman–Crippen MR) is 73.2 cm³/mol. The molecule has 3 rings (SSSR count). The van der Waals surface area contributed by atoms with E-state index in [9.17, 15) is 4.79 Å². The lowest BCUT2D eigenvalue weighted by Crippen LogP contribution is -2.23. The summed E-state index contributed by atoms with van der Waals surface area (Å²) in [7, 11) is 3.47. The summed E-state index contributed by atoms with van der Waals surface area (Å²) in [5, 5.41) is 0. The van der Waals surface area contributed by atoms with Crippen LogP contribution in [0.4, 0.5) is 0 Å². The zero-order chi connectivity index (χ0) is 14.1. The number of likely N-dealkylation sites (tertiary alicyclic amines) is 1. The minimum absolute atomic E-state index is 0.118. The van der Waals surface area contributed by atoms with E-state index in [2.05, 4.69) is 4.90 Å². The van der Waals surface area contributed by atoms with Gasteiger partial charge in [-0.1, -0.05) is 6.07 Å². The molecule has 5 nitrogen and oxygen atoms in total. The molecule has 0 N–H and O–H groups in total. The lowest BCUT2D eigenvalue weighted by Gasteiger charge is -2.22. The number of nitrogens with zero attached hydrogens (tertiary/aromatic N) is 1. The van der Waals surface area contributed by atoms with Gasteiger partial charge in [0.15, 0.2) is 11.5 Å². The molecule has 1 saturated heterocycles. The first-order valence-electron chi connectivity index (χ1n) is 6.85. The van der Waals surface area contributed by atoms with Crippen LogP contribution in [0.1, 0.15) is 11.5 Å². The largest absolute Gasteiger partial charge is 0.486 e. The summed E-state index contributed by atoms with van der Waals surface area (Å²) >= 11 is 0. The van der Waals surface area contributed by atoms with Crippen molar-refractivity contribution in [2.24, 2.45) is 5.92 Å². The van der Waals surface area contributed by atoms with E-state index in [-0.39, 0.29) is 17.8 Å². The molecule has 2 heterocycles. The maximum Gasteiger partial charge on any atom is 0.310 e. The quantitative estimate of drug-likeness (QED) is 0.762. The number of carbonyl (C=O) groups is 1. The second-order valence-electron chi connectivity index (χ2n) is 5.36. The van der Waals surface area contributed by atoms with Gasteiger partial charge in [0.05, 0.1) is 13.0 Å². The van der Waals surface area contributed by atoms with Gasteiger partial charge >= 0.3 is 5.97 Å². The van der Waals surface area contributed by atoms with Crippen LogP contribution in [0.3, 0.4) is 0 Å². The van der Waals surface area contributed by atoms with E-state index in [4.69, 9.17) is 14.2 Å². The van der Waals surface area contributed by atoms with Gasteiger partial charge in [0.2, 0.25) is 0 Å².